The molecule has 0 radical (unpaired) electrons. The summed E-state index contributed by atoms with van der Waals surface area (Å²) in [5.41, 5.74) is 1.51. The summed E-state index contributed by atoms with van der Waals surface area (Å²) in [6, 6.07) is 5.50. The van der Waals surface area contributed by atoms with Crippen molar-refractivity contribution < 1.29 is 14.3 Å². The van der Waals surface area contributed by atoms with Gasteiger partial charge in [-0.1, -0.05) is 6.07 Å². The number of ether oxygens (including phenoxy) is 1. The molecule has 1 aromatic carbocycles. The molecule has 0 saturated heterocycles. The van der Waals surface area contributed by atoms with Crippen molar-refractivity contribution in [1.82, 2.24) is 10.6 Å². The molecular formula is C13H17N3O3. The number of fused-ring (bicyclic) bond motifs is 1. The van der Waals surface area contributed by atoms with Gasteiger partial charge in [0.25, 0.3) is 5.91 Å². The van der Waals surface area contributed by atoms with Crippen LogP contribution in [0.5, 0.6) is 5.75 Å². The maximum absolute atomic E-state index is 12.0. The number of anilines is 1. The lowest BCUT2D eigenvalue weighted by atomic mass is 10.1. The van der Waals surface area contributed by atoms with Gasteiger partial charge in [-0.3, -0.25) is 9.59 Å². The van der Waals surface area contributed by atoms with Crippen LogP contribution < -0.4 is 20.3 Å². The number of nitrogens with one attached hydrogen (secondary N) is 2. The molecule has 19 heavy (non-hydrogen) atoms. The second kappa shape index (κ2) is 5.81. The first-order valence-electron chi connectivity index (χ1n) is 6.08. The fraction of sp³-hybridized carbons (Fsp3) is 0.385. The van der Waals surface area contributed by atoms with Crippen LogP contribution in [-0.2, 0) is 16.1 Å². The Kier molecular flexibility index (Phi) is 4.13. The van der Waals surface area contributed by atoms with Gasteiger partial charge in [0.2, 0.25) is 5.91 Å². The molecule has 0 saturated carbocycles. The number of carbonyl (C=O) groups excluding carboxylic acids is 2. The smallest absolute Gasteiger partial charge is 0.271 e. The summed E-state index contributed by atoms with van der Waals surface area (Å²) < 4.78 is 5.34. The first-order chi connectivity index (χ1) is 9.17. The van der Waals surface area contributed by atoms with E-state index < -0.39 is 0 Å². The third kappa shape index (κ3) is 2.74. The molecule has 0 unspecified atom stereocenters. The van der Waals surface area contributed by atoms with E-state index in [-0.39, 0.29) is 25.0 Å². The predicted molar refractivity (Wildman–Crippen MR) is 71.1 cm³/mol. The molecule has 0 aliphatic carbocycles. The van der Waals surface area contributed by atoms with Crippen LogP contribution >= 0.6 is 0 Å². The fourth-order valence-electron chi connectivity index (χ4n) is 2.02. The highest BCUT2D eigenvalue weighted by Gasteiger charge is 2.30. The predicted octanol–water partition coefficient (Wildman–Crippen LogP) is -0.123. The standard InChI is InChI=1S/C13H17N3O3/c1-14-6-9-3-4-11-10(5-9)16(12(17)7-15-2)13(18)8-19-11/h3-5,14-15H,6-8H2,1-2H3. The van der Waals surface area contributed by atoms with Gasteiger partial charge in [-0.2, -0.15) is 0 Å². The second-order valence-electron chi connectivity index (χ2n) is 4.27. The summed E-state index contributed by atoms with van der Waals surface area (Å²) in [4.78, 5) is 25.1. The number of benzene rings is 1. The van der Waals surface area contributed by atoms with Gasteiger partial charge >= 0.3 is 0 Å². The lowest BCUT2D eigenvalue weighted by Gasteiger charge is -2.28. The van der Waals surface area contributed by atoms with Crippen molar-refractivity contribution in [2.24, 2.45) is 0 Å². The van der Waals surface area contributed by atoms with Crippen molar-refractivity contribution in [2.45, 2.75) is 6.54 Å². The van der Waals surface area contributed by atoms with Crippen LogP contribution in [0, 0.1) is 0 Å². The number of likely N-dealkylation sites (N-methyl/N-ethyl adjacent to an activating group) is 1. The van der Waals surface area contributed by atoms with E-state index in [1.807, 2.05) is 13.1 Å². The lowest BCUT2D eigenvalue weighted by Crippen LogP contribution is -2.46. The van der Waals surface area contributed by atoms with Gasteiger partial charge in [-0.15, -0.1) is 0 Å². The zero-order chi connectivity index (χ0) is 13.8. The third-order valence-corrected chi connectivity index (χ3v) is 2.82. The van der Waals surface area contributed by atoms with Crippen molar-refractivity contribution >= 4 is 17.5 Å². The topological polar surface area (TPSA) is 70.7 Å². The summed E-state index contributed by atoms with van der Waals surface area (Å²) >= 11 is 0. The molecule has 6 nitrogen and oxygen atoms in total. The molecule has 2 N–H and O–H groups in total. The monoisotopic (exact) mass is 263 g/mol. The largest absolute Gasteiger partial charge is 0.482 e. The fourth-order valence-corrected chi connectivity index (χ4v) is 2.02. The Morgan fingerprint density at radius 1 is 1.37 bits per heavy atom. The van der Waals surface area contributed by atoms with Gasteiger partial charge in [-0.25, -0.2) is 4.90 Å². The van der Waals surface area contributed by atoms with Crippen LogP contribution in [0.15, 0.2) is 18.2 Å². The van der Waals surface area contributed by atoms with Crippen molar-refractivity contribution in [3.8, 4) is 5.75 Å². The quantitative estimate of drug-likeness (QED) is 0.792. The van der Waals surface area contributed by atoms with Crippen LogP contribution in [0.4, 0.5) is 5.69 Å². The maximum atomic E-state index is 12.0. The number of hydrogen-bond acceptors (Lipinski definition) is 5. The number of rotatable bonds is 4. The first kappa shape index (κ1) is 13.5. The number of amides is 2. The van der Waals surface area contributed by atoms with Gasteiger partial charge in [-0.05, 0) is 31.8 Å². The third-order valence-electron chi connectivity index (χ3n) is 2.82. The Hall–Kier alpha value is -1.92. The van der Waals surface area contributed by atoms with Gasteiger partial charge in [0.1, 0.15) is 5.75 Å². The highest BCUT2D eigenvalue weighted by Crippen LogP contribution is 2.33. The van der Waals surface area contributed by atoms with E-state index in [0.29, 0.717) is 18.0 Å². The first-order valence-corrected chi connectivity index (χ1v) is 6.08. The molecule has 6 heteroatoms. The Labute approximate surface area is 111 Å². The molecule has 1 aliphatic rings. The molecule has 2 rings (SSSR count). The summed E-state index contributed by atoms with van der Waals surface area (Å²) in [5.74, 6) is -0.0584. The summed E-state index contributed by atoms with van der Waals surface area (Å²) in [6.45, 7) is 0.671. The van der Waals surface area contributed by atoms with Gasteiger partial charge in [0.05, 0.1) is 12.2 Å². The highest BCUT2D eigenvalue weighted by molar-refractivity contribution is 6.17. The molecule has 0 atom stereocenters. The minimum absolute atomic E-state index is 0.103. The van der Waals surface area contributed by atoms with E-state index in [0.717, 1.165) is 5.56 Å². The van der Waals surface area contributed by atoms with Crippen molar-refractivity contribution in [1.29, 1.82) is 0 Å². The zero-order valence-corrected chi connectivity index (χ0v) is 11.0. The van der Waals surface area contributed by atoms with Crippen molar-refractivity contribution in [3.05, 3.63) is 23.8 Å². The minimum Gasteiger partial charge on any atom is -0.482 e. The summed E-state index contributed by atoms with van der Waals surface area (Å²) in [6.07, 6.45) is 0. The van der Waals surface area contributed by atoms with Crippen molar-refractivity contribution in [3.63, 3.8) is 0 Å². The molecule has 0 bridgehead atoms. The van der Waals surface area contributed by atoms with Gasteiger partial charge < -0.3 is 15.4 Å². The number of imide groups is 1. The summed E-state index contributed by atoms with van der Waals surface area (Å²) in [7, 11) is 3.51. The molecule has 0 aromatic heterocycles. The molecule has 1 aromatic rings. The van der Waals surface area contributed by atoms with E-state index in [9.17, 15) is 9.59 Å². The zero-order valence-electron chi connectivity index (χ0n) is 11.0. The Morgan fingerprint density at radius 3 is 2.84 bits per heavy atom. The van der Waals surface area contributed by atoms with E-state index >= 15 is 0 Å². The SMILES string of the molecule is CNCC(=O)N1C(=O)COc2ccc(CNC)cc21. The van der Waals surface area contributed by atoms with E-state index in [1.165, 1.54) is 4.90 Å². The number of nitrogens with zero attached hydrogens (tertiary/aromatic N) is 1. The molecule has 0 spiro atoms. The number of carbonyl (C=O) groups is 2. The average Bonchev–Trinajstić information content (AvgIpc) is 2.39. The van der Waals surface area contributed by atoms with Crippen LogP contribution in [0.2, 0.25) is 0 Å². The van der Waals surface area contributed by atoms with Crippen LogP contribution in [-0.4, -0.2) is 39.1 Å². The highest BCUT2D eigenvalue weighted by atomic mass is 16.5. The number of hydrogen-bond donors (Lipinski definition) is 2. The Morgan fingerprint density at radius 2 is 2.16 bits per heavy atom. The molecule has 102 valence electrons. The average molecular weight is 263 g/mol. The molecule has 2 amide bonds. The van der Waals surface area contributed by atoms with E-state index in [2.05, 4.69) is 10.6 Å². The molecule has 1 aliphatic heterocycles. The molecule has 1 heterocycles. The lowest BCUT2D eigenvalue weighted by molar-refractivity contribution is -0.128. The molecule has 0 fully saturated rings. The maximum Gasteiger partial charge on any atom is 0.271 e. The van der Waals surface area contributed by atoms with Gasteiger partial charge in [0, 0.05) is 6.54 Å². The summed E-state index contributed by atoms with van der Waals surface area (Å²) in [5, 5.41) is 5.79. The second-order valence-corrected chi connectivity index (χ2v) is 4.27. The Bertz CT molecular complexity index is 502. The van der Waals surface area contributed by atoms with E-state index in [4.69, 9.17) is 4.74 Å². The van der Waals surface area contributed by atoms with E-state index in [1.54, 1.807) is 19.2 Å². The van der Waals surface area contributed by atoms with Crippen LogP contribution in [0.3, 0.4) is 0 Å². The van der Waals surface area contributed by atoms with Crippen molar-refractivity contribution in [2.75, 3.05) is 32.1 Å². The van der Waals surface area contributed by atoms with Gasteiger partial charge in [0.15, 0.2) is 6.61 Å². The van der Waals surface area contributed by atoms with Crippen LogP contribution in [0.1, 0.15) is 5.56 Å². The molecular weight excluding hydrogens is 246 g/mol. The minimum atomic E-state index is -0.339. The normalized spacial score (nSPS) is 14.0. The van der Waals surface area contributed by atoms with Crippen LogP contribution in [0.25, 0.3) is 0 Å². The Balaban J connectivity index is 2.38.